The summed E-state index contributed by atoms with van der Waals surface area (Å²) in [4.78, 5) is 4.78. The number of aryl methyl sites for hydroxylation is 1. The van der Waals surface area contributed by atoms with Crippen molar-refractivity contribution in [3.8, 4) is 0 Å². The van der Waals surface area contributed by atoms with Crippen molar-refractivity contribution in [3.63, 3.8) is 0 Å². The van der Waals surface area contributed by atoms with Gasteiger partial charge in [0.25, 0.3) is 0 Å². The molecule has 2 aromatic rings. The molecule has 0 aliphatic heterocycles. The van der Waals surface area contributed by atoms with E-state index in [4.69, 9.17) is 9.73 Å². The summed E-state index contributed by atoms with van der Waals surface area (Å²) in [5.74, 6) is 1.88. The van der Waals surface area contributed by atoms with Crippen LogP contribution in [0.4, 0.5) is 0 Å². The first kappa shape index (κ1) is 21.6. The smallest absolute Gasteiger partial charge is 0.191 e. The number of hydrogen-bond acceptors (Lipinski definition) is 4. The molecular formula is C22H36N6O. The van der Waals surface area contributed by atoms with E-state index >= 15 is 0 Å². The molecule has 2 aromatic heterocycles. The maximum atomic E-state index is 6.06. The zero-order valence-corrected chi connectivity index (χ0v) is 18.3. The van der Waals surface area contributed by atoms with Crippen LogP contribution in [-0.2, 0) is 11.2 Å². The largest absolute Gasteiger partial charge is 0.378 e. The number of unbranched alkanes of at least 4 members (excludes halogenated alkanes) is 1. The average Bonchev–Trinajstić information content (AvgIpc) is 3.13. The van der Waals surface area contributed by atoms with Crippen LogP contribution in [0.3, 0.4) is 0 Å². The summed E-state index contributed by atoms with van der Waals surface area (Å²) < 4.78 is 8.11. The summed E-state index contributed by atoms with van der Waals surface area (Å²) in [6.45, 7) is 11.3. The zero-order chi connectivity index (χ0) is 20.7. The van der Waals surface area contributed by atoms with Crippen molar-refractivity contribution in [1.82, 2.24) is 25.2 Å². The van der Waals surface area contributed by atoms with E-state index in [2.05, 4.69) is 48.5 Å². The Labute approximate surface area is 174 Å². The summed E-state index contributed by atoms with van der Waals surface area (Å²) in [6, 6.07) is 6.34. The fourth-order valence-corrected chi connectivity index (χ4v) is 3.76. The molecular weight excluding hydrogens is 364 g/mol. The highest BCUT2D eigenvalue weighted by Crippen LogP contribution is 2.42. The molecule has 1 aliphatic carbocycles. The highest BCUT2D eigenvalue weighted by Gasteiger charge is 2.49. The summed E-state index contributed by atoms with van der Waals surface area (Å²) in [5.41, 5.74) is 1.01. The summed E-state index contributed by atoms with van der Waals surface area (Å²) >= 11 is 0. The second-order valence-electron chi connectivity index (χ2n) is 8.38. The van der Waals surface area contributed by atoms with E-state index in [-0.39, 0.29) is 5.41 Å². The number of fused-ring (bicyclic) bond motifs is 1. The minimum absolute atomic E-state index is 0.115. The molecule has 0 spiro atoms. The van der Waals surface area contributed by atoms with Crippen LogP contribution in [0.2, 0.25) is 0 Å². The lowest BCUT2D eigenvalue weighted by atomic mass is 9.64. The van der Waals surface area contributed by atoms with Crippen molar-refractivity contribution in [2.45, 2.75) is 71.9 Å². The highest BCUT2D eigenvalue weighted by molar-refractivity contribution is 5.80. The maximum absolute atomic E-state index is 6.06. The first-order chi connectivity index (χ1) is 14.1. The molecule has 0 saturated heterocycles. The van der Waals surface area contributed by atoms with E-state index in [1.165, 1.54) is 6.42 Å². The van der Waals surface area contributed by atoms with E-state index in [1.807, 2.05) is 28.8 Å². The van der Waals surface area contributed by atoms with Gasteiger partial charge in [-0.15, -0.1) is 10.2 Å². The van der Waals surface area contributed by atoms with Gasteiger partial charge in [-0.3, -0.25) is 9.39 Å². The van der Waals surface area contributed by atoms with Gasteiger partial charge in [-0.1, -0.05) is 33.3 Å². The molecule has 7 heteroatoms. The lowest BCUT2D eigenvalue weighted by Crippen LogP contribution is -2.63. The minimum Gasteiger partial charge on any atom is -0.378 e. The Balaban J connectivity index is 1.48. The monoisotopic (exact) mass is 400 g/mol. The molecule has 2 unspecified atom stereocenters. The van der Waals surface area contributed by atoms with Crippen molar-refractivity contribution in [2.75, 3.05) is 19.7 Å². The summed E-state index contributed by atoms with van der Waals surface area (Å²) in [6.07, 6.45) is 7.48. The molecule has 2 atom stereocenters. The number of nitrogens with one attached hydrogen (secondary N) is 2. The van der Waals surface area contributed by atoms with Crippen LogP contribution >= 0.6 is 0 Å². The van der Waals surface area contributed by atoms with Crippen LogP contribution in [0, 0.1) is 5.41 Å². The van der Waals surface area contributed by atoms with Crippen LogP contribution in [0.25, 0.3) is 5.65 Å². The fraction of sp³-hybridized carbons (Fsp3) is 0.682. The van der Waals surface area contributed by atoms with Crippen LogP contribution in [0.1, 0.15) is 59.2 Å². The minimum atomic E-state index is 0.115. The Bertz CT molecular complexity index is 799. The van der Waals surface area contributed by atoms with Crippen molar-refractivity contribution >= 4 is 11.6 Å². The third-order valence-electron chi connectivity index (χ3n) is 5.86. The molecule has 1 fully saturated rings. The summed E-state index contributed by atoms with van der Waals surface area (Å²) in [5, 5.41) is 15.5. The Morgan fingerprint density at radius 1 is 1.28 bits per heavy atom. The van der Waals surface area contributed by atoms with Gasteiger partial charge in [0.05, 0.1) is 6.10 Å². The standard InChI is InChI=1S/C22H36N6O/c1-5-7-15-29-18-16-17(22(18,3)4)25-21(23-6-2)24-13-10-12-20-27-26-19-11-8-9-14-28(19)20/h8-9,11,14,17-18H,5-7,10,12-13,15-16H2,1-4H3,(H2,23,24,25). The van der Waals surface area contributed by atoms with Crippen LogP contribution < -0.4 is 10.6 Å². The third-order valence-corrected chi connectivity index (χ3v) is 5.86. The Morgan fingerprint density at radius 3 is 2.90 bits per heavy atom. The number of aromatic nitrogens is 3. The number of guanidine groups is 1. The fourth-order valence-electron chi connectivity index (χ4n) is 3.76. The van der Waals surface area contributed by atoms with Crippen molar-refractivity contribution < 1.29 is 4.74 Å². The average molecular weight is 401 g/mol. The topological polar surface area (TPSA) is 75.8 Å². The lowest BCUT2D eigenvalue weighted by molar-refractivity contribution is -0.113. The van der Waals surface area contributed by atoms with Gasteiger partial charge < -0.3 is 15.4 Å². The van der Waals surface area contributed by atoms with Crippen LogP contribution in [0.5, 0.6) is 0 Å². The molecule has 160 valence electrons. The second-order valence-corrected chi connectivity index (χ2v) is 8.38. The Morgan fingerprint density at radius 2 is 2.14 bits per heavy atom. The molecule has 2 N–H and O–H groups in total. The molecule has 1 aliphatic rings. The maximum Gasteiger partial charge on any atom is 0.191 e. The van der Waals surface area contributed by atoms with Gasteiger partial charge in [0.1, 0.15) is 5.82 Å². The molecule has 3 rings (SSSR count). The van der Waals surface area contributed by atoms with Crippen molar-refractivity contribution in [1.29, 1.82) is 0 Å². The number of pyridine rings is 1. The number of aliphatic imine (C=N–C) groups is 1. The zero-order valence-electron chi connectivity index (χ0n) is 18.3. The van der Waals surface area contributed by atoms with Gasteiger partial charge in [0, 0.05) is 43.8 Å². The number of ether oxygens (including phenoxy) is 1. The number of nitrogens with zero attached hydrogens (tertiary/aromatic N) is 4. The molecule has 1 saturated carbocycles. The van der Waals surface area contributed by atoms with E-state index in [1.54, 1.807) is 0 Å². The molecule has 0 radical (unpaired) electrons. The van der Waals surface area contributed by atoms with E-state index < -0.39 is 0 Å². The van der Waals surface area contributed by atoms with E-state index in [0.717, 1.165) is 62.8 Å². The van der Waals surface area contributed by atoms with Crippen molar-refractivity contribution in [3.05, 3.63) is 30.2 Å². The molecule has 7 nitrogen and oxygen atoms in total. The summed E-state index contributed by atoms with van der Waals surface area (Å²) in [7, 11) is 0. The third kappa shape index (κ3) is 5.26. The van der Waals surface area contributed by atoms with Gasteiger partial charge >= 0.3 is 0 Å². The van der Waals surface area contributed by atoms with Gasteiger partial charge in [-0.25, -0.2) is 0 Å². The molecule has 29 heavy (non-hydrogen) atoms. The highest BCUT2D eigenvalue weighted by atomic mass is 16.5. The predicted molar refractivity (Wildman–Crippen MR) is 117 cm³/mol. The van der Waals surface area contributed by atoms with Crippen molar-refractivity contribution in [2.24, 2.45) is 10.4 Å². The Hall–Kier alpha value is -2.15. The van der Waals surface area contributed by atoms with Gasteiger partial charge in [0.15, 0.2) is 11.6 Å². The SMILES string of the molecule is CCCCOC1CC(NC(=NCCCc2nnc3ccccn23)NCC)C1(C)C. The molecule has 0 amide bonds. The predicted octanol–water partition coefficient (Wildman–Crippen LogP) is 3.20. The van der Waals surface area contributed by atoms with Crippen LogP contribution in [0.15, 0.2) is 29.4 Å². The first-order valence-electron chi connectivity index (χ1n) is 11.0. The first-order valence-corrected chi connectivity index (χ1v) is 11.0. The number of rotatable bonds is 10. The van der Waals surface area contributed by atoms with E-state index in [0.29, 0.717) is 12.1 Å². The molecule has 2 heterocycles. The second kappa shape index (κ2) is 10.1. The van der Waals surface area contributed by atoms with Gasteiger partial charge in [0.2, 0.25) is 0 Å². The quantitative estimate of drug-likeness (QED) is 0.364. The lowest BCUT2D eigenvalue weighted by Gasteiger charge is -2.52. The van der Waals surface area contributed by atoms with E-state index in [9.17, 15) is 0 Å². The van der Waals surface area contributed by atoms with Gasteiger partial charge in [-0.2, -0.15) is 0 Å². The number of hydrogen-bond donors (Lipinski definition) is 2. The Kier molecular flexibility index (Phi) is 7.47. The molecule has 0 aromatic carbocycles. The molecule has 0 bridgehead atoms. The normalized spacial score (nSPS) is 21.2. The van der Waals surface area contributed by atoms with Crippen LogP contribution in [-0.4, -0.2) is 52.4 Å². The van der Waals surface area contributed by atoms with Gasteiger partial charge in [-0.05, 0) is 38.3 Å².